The third kappa shape index (κ3) is 6.43. The van der Waals surface area contributed by atoms with Gasteiger partial charge in [-0.15, -0.1) is 0 Å². The number of methoxy groups -OCH3 is 2. The lowest BCUT2D eigenvalue weighted by molar-refractivity contribution is -0.140. The van der Waals surface area contributed by atoms with E-state index in [0.717, 1.165) is 11.4 Å². The molecule has 0 aliphatic heterocycles. The predicted octanol–water partition coefficient (Wildman–Crippen LogP) is 2.02. The molecule has 0 amide bonds. The van der Waals surface area contributed by atoms with E-state index in [4.69, 9.17) is 0 Å². The van der Waals surface area contributed by atoms with Gasteiger partial charge in [-0.25, -0.2) is 4.68 Å². The number of nitrogens with one attached hydrogen (secondary N) is 1. The van der Waals surface area contributed by atoms with Crippen molar-refractivity contribution >= 4 is 11.9 Å². The van der Waals surface area contributed by atoms with Crippen LogP contribution in [0.15, 0.2) is 48.8 Å². The van der Waals surface area contributed by atoms with Crippen molar-refractivity contribution in [3.05, 3.63) is 65.7 Å². The summed E-state index contributed by atoms with van der Waals surface area (Å²) >= 11 is 0. The number of esters is 2. The maximum atomic E-state index is 11.1. The van der Waals surface area contributed by atoms with E-state index in [2.05, 4.69) is 24.8 Å². The SMILES string of the molecule is COC(=O)Cc1ccn(-c2ccc(C)cc2)n1.COC(=O)Cc1ccn[nH]1. The van der Waals surface area contributed by atoms with Crippen LogP contribution in [0, 0.1) is 6.92 Å². The average Bonchev–Trinajstić information content (AvgIpc) is 3.35. The Labute approximate surface area is 157 Å². The molecule has 0 radical (unpaired) electrons. The quantitative estimate of drug-likeness (QED) is 0.690. The van der Waals surface area contributed by atoms with Crippen LogP contribution in [-0.4, -0.2) is 46.1 Å². The first-order chi connectivity index (χ1) is 13.0. The molecular formula is C19H22N4O4. The first kappa shape index (κ1) is 19.9. The maximum absolute atomic E-state index is 11.1. The van der Waals surface area contributed by atoms with E-state index in [-0.39, 0.29) is 24.8 Å². The summed E-state index contributed by atoms with van der Waals surface area (Å²) in [7, 11) is 2.73. The van der Waals surface area contributed by atoms with E-state index in [1.807, 2.05) is 43.5 Å². The van der Waals surface area contributed by atoms with Crippen LogP contribution in [0.2, 0.25) is 0 Å². The topological polar surface area (TPSA) is 99.1 Å². The number of aromatic nitrogens is 4. The van der Waals surface area contributed by atoms with Crippen molar-refractivity contribution < 1.29 is 19.1 Å². The monoisotopic (exact) mass is 370 g/mol. The summed E-state index contributed by atoms with van der Waals surface area (Å²) in [5, 5.41) is 10.6. The molecule has 1 N–H and O–H groups in total. The Kier molecular flexibility index (Phi) is 7.30. The van der Waals surface area contributed by atoms with Gasteiger partial charge in [0, 0.05) is 18.1 Å². The molecule has 0 atom stereocenters. The molecule has 8 heteroatoms. The van der Waals surface area contributed by atoms with E-state index < -0.39 is 0 Å². The number of H-pyrrole nitrogens is 1. The zero-order valence-corrected chi connectivity index (χ0v) is 15.5. The fraction of sp³-hybridized carbons (Fsp3) is 0.263. The summed E-state index contributed by atoms with van der Waals surface area (Å²) < 4.78 is 10.8. The summed E-state index contributed by atoms with van der Waals surface area (Å²) in [4.78, 5) is 21.7. The van der Waals surface area contributed by atoms with Crippen LogP contribution in [0.3, 0.4) is 0 Å². The summed E-state index contributed by atoms with van der Waals surface area (Å²) in [5.41, 5.74) is 3.66. The Bertz CT molecular complexity index is 854. The molecule has 142 valence electrons. The predicted molar refractivity (Wildman–Crippen MR) is 98.3 cm³/mol. The Hall–Kier alpha value is -3.42. The second-order valence-corrected chi connectivity index (χ2v) is 5.67. The number of benzene rings is 1. The van der Waals surface area contributed by atoms with Crippen molar-refractivity contribution in [1.29, 1.82) is 0 Å². The third-order valence-corrected chi connectivity index (χ3v) is 3.62. The molecular weight excluding hydrogens is 348 g/mol. The molecule has 0 aliphatic carbocycles. The number of carbonyl (C=O) groups is 2. The van der Waals surface area contributed by atoms with Crippen LogP contribution in [0.25, 0.3) is 5.69 Å². The molecule has 2 aromatic heterocycles. The molecule has 0 saturated heterocycles. The average molecular weight is 370 g/mol. The van der Waals surface area contributed by atoms with Crippen molar-refractivity contribution in [3.63, 3.8) is 0 Å². The smallest absolute Gasteiger partial charge is 0.311 e. The van der Waals surface area contributed by atoms with E-state index in [0.29, 0.717) is 5.69 Å². The lowest BCUT2D eigenvalue weighted by atomic mass is 10.2. The number of aromatic amines is 1. The van der Waals surface area contributed by atoms with Gasteiger partial charge in [-0.3, -0.25) is 14.7 Å². The van der Waals surface area contributed by atoms with Gasteiger partial charge in [0.15, 0.2) is 0 Å². The number of rotatable bonds is 5. The van der Waals surface area contributed by atoms with Crippen LogP contribution in [0.4, 0.5) is 0 Å². The van der Waals surface area contributed by atoms with Gasteiger partial charge in [-0.05, 0) is 31.2 Å². The van der Waals surface area contributed by atoms with Gasteiger partial charge < -0.3 is 9.47 Å². The maximum Gasteiger partial charge on any atom is 0.311 e. The van der Waals surface area contributed by atoms with Crippen molar-refractivity contribution in [2.45, 2.75) is 19.8 Å². The largest absolute Gasteiger partial charge is 0.469 e. The lowest BCUT2D eigenvalue weighted by Gasteiger charge is -2.01. The molecule has 3 aromatic rings. The highest BCUT2D eigenvalue weighted by Gasteiger charge is 2.06. The number of aryl methyl sites for hydroxylation is 1. The molecule has 3 rings (SSSR count). The van der Waals surface area contributed by atoms with E-state index in [1.54, 1.807) is 16.9 Å². The van der Waals surface area contributed by atoms with Crippen molar-refractivity contribution in [2.24, 2.45) is 0 Å². The number of hydrogen-bond acceptors (Lipinski definition) is 6. The number of hydrogen-bond donors (Lipinski definition) is 1. The molecule has 27 heavy (non-hydrogen) atoms. The van der Waals surface area contributed by atoms with Gasteiger partial charge in [-0.2, -0.15) is 10.2 Å². The van der Waals surface area contributed by atoms with Crippen LogP contribution in [-0.2, 0) is 31.9 Å². The van der Waals surface area contributed by atoms with Gasteiger partial charge in [0.05, 0.1) is 38.4 Å². The van der Waals surface area contributed by atoms with Crippen LogP contribution in [0.1, 0.15) is 17.0 Å². The minimum atomic E-state index is -0.279. The summed E-state index contributed by atoms with van der Waals surface area (Å²) in [6.45, 7) is 2.04. The second-order valence-electron chi connectivity index (χ2n) is 5.67. The second kappa shape index (κ2) is 9.91. The molecule has 0 bridgehead atoms. The summed E-state index contributed by atoms with van der Waals surface area (Å²) in [6, 6.07) is 11.6. The highest BCUT2D eigenvalue weighted by molar-refractivity contribution is 5.72. The third-order valence-electron chi connectivity index (χ3n) is 3.62. The minimum Gasteiger partial charge on any atom is -0.469 e. The number of nitrogens with zero attached hydrogens (tertiary/aromatic N) is 3. The van der Waals surface area contributed by atoms with Crippen LogP contribution >= 0.6 is 0 Å². The molecule has 8 nitrogen and oxygen atoms in total. The molecule has 0 aliphatic rings. The Balaban J connectivity index is 0.000000223. The Morgan fingerprint density at radius 3 is 2.26 bits per heavy atom. The standard InChI is InChI=1S/C13H14N2O2.C6H8N2O2/c1-10-3-5-12(6-4-10)15-8-7-11(14-15)9-13(16)17-2;1-10-6(9)4-5-2-3-7-8-5/h3-8H,9H2,1-2H3;2-3H,4H2,1H3,(H,7,8). The van der Waals surface area contributed by atoms with E-state index >= 15 is 0 Å². The summed E-state index contributed by atoms with van der Waals surface area (Å²) in [5.74, 6) is -0.539. The summed E-state index contributed by atoms with van der Waals surface area (Å²) in [6.07, 6.45) is 3.90. The first-order valence-electron chi connectivity index (χ1n) is 8.25. The molecule has 0 spiro atoms. The van der Waals surface area contributed by atoms with E-state index in [1.165, 1.54) is 19.8 Å². The van der Waals surface area contributed by atoms with Gasteiger partial charge in [-0.1, -0.05) is 17.7 Å². The molecule has 0 saturated carbocycles. The minimum absolute atomic E-state index is 0.204. The highest BCUT2D eigenvalue weighted by atomic mass is 16.5. The van der Waals surface area contributed by atoms with Gasteiger partial charge in [0.25, 0.3) is 0 Å². The van der Waals surface area contributed by atoms with Crippen molar-refractivity contribution in [1.82, 2.24) is 20.0 Å². The zero-order chi connectivity index (χ0) is 19.6. The lowest BCUT2D eigenvalue weighted by Crippen LogP contribution is -2.05. The molecule has 0 fully saturated rings. The van der Waals surface area contributed by atoms with E-state index in [9.17, 15) is 9.59 Å². The Morgan fingerprint density at radius 2 is 1.67 bits per heavy atom. The molecule has 1 aromatic carbocycles. The fourth-order valence-electron chi connectivity index (χ4n) is 2.13. The van der Waals surface area contributed by atoms with Crippen molar-refractivity contribution in [2.75, 3.05) is 14.2 Å². The Morgan fingerprint density at radius 1 is 1.00 bits per heavy atom. The fourth-order valence-corrected chi connectivity index (χ4v) is 2.13. The van der Waals surface area contributed by atoms with Crippen molar-refractivity contribution in [3.8, 4) is 5.69 Å². The van der Waals surface area contributed by atoms with Gasteiger partial charge in [0.2, 0.25) is 0 Å². The van der Waals surface area contributed by atoms with Gasteiger partial charge >= 0.3 is 11.9 Å². The normalized spacial score (nSPS) is 9.89. The first-order valence-corrected chi connectivity index (χ1v) is 8.25. The highest BCUT2D eigenvalue weighted by Crippen LogP contribution is 2.09. The number of ether oxygens (including phenoxy) is 2. The van der Waals surface area contributed by atoms with Crippen LogP contribution in [0.5, 0.6) is 0 Å². The van der Waals surface area contributed by atoms with Gasteiger partial charge in [0.1, 0.15) is 0 Å². The zero-order valence-electron chi connectivity index (χ0n) is 15.5. The molecule has 0 unspecified atom stereocenters. The van der Waals surface area contributed by atoms with Crippen LogP contribution < -0.4 is 0 Å². The molecule has 2 heterocycles. The number of carbonyl (C=O) groups excluding carboxylic acids is 2.